The molecule has 3 aromatic carbocycles. The summed E-state index contributed by atoms with van der Waals surface area (Å²) in [4.78, 5) is 13.3. The zero-order valence-corrected chi connectivity index (χ0v) is 12.5. The quantitative estimate of drug-likeness (QED) is 0.474. The van der Waals surface area contributed by atoms with Crippen molar-refractivity contribution in [3.63, 3.8) is 0 Å². The van der Waals surface area contributed by atoms with E-state index in [1.165, 1.54) is 15.7 Å². The largest absolute Gasteiger partial charge is 0.294 e. The number of carbonyl (C=O) groups is 1. The minimum absolute atomic E-state index is 0.211. The topological polar surface area (TPSA) is 17.1 Å². The van der Waals surface area contributed by atoms with Gasteiger partial charge in [-0.05, 0) is 16.8 Å². The Bertz CT molecular complexity index is 744. The van der Waals surface area contributed by atoms with Crippen LogP contribution in [0.4, 0.5) is 0 Å². The summed E-state index contributed by atoms with van der Waals surface area (Å²) in [5, 5.41) is 2.51. The fraction of sp³-hybridized carbons (Fsp3) is 0.105. The van der Waals surface area contributed by atoms with Crippen molar-refractivity contribution >= 4 is 28.3 Å². The number of hydrogen-bond acceptors (Lipinski definition) is 2. The van der Waals surface area contributed by atoms with Gasteiger partial charge in [-0.2, -0.15) is 0 Å². The summed E-state index contributed by atoms with van der Waals surface area (Å²) in [6.45, 7) is 0. The van der Waals surface area contributed by atoms with Crippen LogP contribution in [0.1, 0.15) is 16.8 Å². The predicted octanol–water partition coefficient (Wildman–Crippen LogP) is 5.20. The monoisotopic (exact) mass is 292 g/mol. The van der Waals surface area contributed by atoms with E-state index in [1.54, 1.807) is 11.8 Å². The van der Waals surface area contributed by atoms with Crippen LogP contribution < -0.4 is 0 Å². The van der Waals surface area contributed by atoms with Crippen LogP contribution in [0.25, 0.3) is 10.8 Å². The minimum atomic E-state index is 0.211. The second-order valence-corrected chi connectivity index (χ2v) is 6.00. The highest BCUT2D eigenvalue weighted by Crippen LogP contribution is 2.28. The van der Waals surface area contributed by atoms with Gasteiger partial charge in [-0.15, -0.1) is 11.8 Å². The molecule has 3 aromatic rings. The number of rotatable bonds is 5. The lowest BCUT2D eigenvalue weighted by atomic mass is 10.1. The van der Waals surface area contributed by atoms with Crippen LogP contribution in [0.15, 0.2) is 77.7 Å². The molecule has 0 aliphatic carbocycles. The summed E-state index contributed by atoms with van der Waals surface area (Å²) < 4.78 is 0. The Balaban J connectivity index is 1.66. The number of fused-ring (bicyclic) bond motifs is 1. The molecule has 0 fully saturated rings. The molecule has 0 amide bonds. The van der Waals surface area contributed by atoms with E-state index in [0.29, 0.717) is 6.42 Å². The average Bonchev–Trinajstić information content (AvgIpc) is 2.56. The van der Waals surface area contributed by atoms with Crippen LogP contribution in [0.5, 0.6) is 0 Å². The Kier molecular flexibility index (Phi) is 4.37. The molecule has 3 rings (SSSR count). The van der Waals surface area contributed by atoms with Gasteiger partial charge in [-0.1, -0.05) is 66.7 Å². The Morgan fingerprint density at radius 3 is 2.38 bits per heavy atom. The maximum Gasteiger partial charge on any atom is 0.163 e. The first kappa shape index (κ1) is 13.9. The highest BCUT2D eigenvalue weighted by molar-refractivity contribution is 7.99. The molecular weight excluding hydrogens is 276 g/mol. The van der Waals surface area contributed by atoms with E-state index < -0.39 is 0 Å². The number of ketones is 1. The minimum Gasteiger partial charge on any atom is -0.294 e. The molecule has 0 aliphatic rings. The second-order valence-electron chi connectivity index (χ2n) is 4.86. The number of thioether (sulfide) groups is 1. The number of hydrogen-bond donors (Lipinski definition) is 0. The number of Topliss-reactive ketones (excluding diaryl/α,β-unsaturated/α-hetero) is 1. The average molecular weight is 292 g/mol. The Morgan fingerprint density at radius 2 is 1.52 bits per heavy atom. The molecule has 1 nitrogen and oxygen atoms in total. The van der Waals surface area contributed by atoms with Crippen LogP contribution in [-0.4, -0.2) is 11.5 Å². The van der Waals surface area contributed by atoms with Crippen molar-refractivity contribution in [2.45, 2.75) is 11.3 Å². The summed E-state index contributed by atoms with van der Waals surface area (Å²) in [5.74, 6) is 1.02. The molecule has 0 atom stereocenters. The maximum absolute atomic E-state index is 12.1. The van der Waals surface area contributed by atoms with Gasteiger partial charge in [-0.25, -0.2) is 0 Å². The Morgan fingerprint density at radius 1 is 0.810 bits per heavy atom. The van der Waals surface area contributed by atoms with E-state index in [-0.39, 0.29) is 5.78 Å². The van der Waals surface area contributed by atoms with Gasteiger partial charge in [0.05, 0.1) is 0 Å². The van der Waals surface area contributed by atoms with Crippen molar-refractivity contribution in [1.82, 2.24) is 0 Å². The van der Waals surface area contributed by atoms with Gasteiger partial charge in [-0.3, -0.25) is 4.79 Å². The first-order chi connectivity index (χ1) is 10.3. The number of benzene rings is 3. The van der Waals surface area contributed by atoms with Gasteiger partial charge in [0.15, 0.2) is 5.78 Å². The van der Waals surface area contributed by atoms with Crippen LogP contribution in [-0.2, 0) is 0 Å². The van der Waals surface area contributed by atoms with Crippen molar-refractivity contribution in [2.24, 2.45) is 0 Å². The standard InChI is InChI=1S/C19H16OS/c20-18(16-8-2-1-3-9-16)13-14-21-19-12-6-10-15-7-4-5-11-17(15)19/h1-12H,13-14H2. The Hall–Kier alpha value is -2.06. The third-order valence-electron chi connectivity index (χ3n) is 3.43. The zero-order chi connectivity index (χ0) is 14.5. The highest BCUT2D eigenvalue weighted by atomic mass is 32.2. The van der Waals surface area contributed by atoms with Gasteiger partial charge < -0.3 is 0 Å². The molecule has 0 bridgehead atoms. The zero-order valence-electron chi connectivity index (χ0n) is 11.7. The summed E-state index contributed by atoms with van der Waals surface area (Å²) in [7, 11) is 0. The molecule has 0 heterocycles. The smallest absolute Gasteiger partial charge is 0.163 e. The van der Waals surface area contributed by atoms with Crippen LogP contribution >= 0.6 is 11.8 Å². The van der Waals surface area contributed by atoms with Crippen molar-refractivity contribution in [1.29, 1.82) is 0 Å². The summed E-state index contributed by atoms with van der Waals surface area (Å²) in [6, 6.07) is 24.2. The predicted molar refractivity (Wildman–Crippen MR) is 90.1 cm³/mol. The molecule has 0 N–H and O–H groups in total. The van der Waals surface area contributed by atoms with E-state index in [9.17, 15) is 4.79 Å². The van der Waals surface area contributed by atoms with E-state index in [1.807, 2.05) is 30.3 Å². The van der Waals surface area contributed by atoms with E-state index in [0.717, 1.165) is 11.3 Å². The fourth-order valence-electron chi connectivity index (χ4n) is 2.34. The van der Waals surface area contributed by atoms with Gasteiger partial charge in [0.1, 0.15) is 0 Å². The lowest BCUT2D eigenvalue weighted by Gasteiger charge is -2.06. The molecule has 0 spiro atoms. The summed E-state index contributed by atoms with van der Waals surface area (Å²) in [5.41, 5.74) is 0.802. The maximum atomic E-state index is 12.1. The molecule has 2 heteroatoms. The number of carbonyl (C=O) groups excluding carboxylic acids is 1. The highest BCUT2D eigenvalue weighted by Gasteiger charge is 2.06. The molecule has 0 unspecified atom stereocenters. The lowest BCUT2D eigenvalue weighted by molar-refractivity contribution is 0.0989. The molecular formula is C19H16OS. The molecule has 104 valence electrons. The fourth-order valence-corrected chi connectivity index (χ4v) is 3.37. The van der Waals surface area contributed by atoms with Crippen LogP contribution in [0.3, 0.4) is 0 Å². The molecule has 0 radical (unpaired) electrons. The van der Waals surface area contributed by atoms with Gasteiger partial charge in [0.25, 0.3) is 0 Å². The van der Waals surface area contributed by atoms with Crippen molar-refractivity contribution in [3.8, 4) is 0 Å². The van der Waals surface area contributed by atoms with Gasteiger partial charge in [0.2, 0.25) is 0 Å². The normalized spacial score (nSPS) is 10.7. The van der Waals surface area contributed by atoms with Crippen LogP contribution in [0, 0.1) is 0 Å². The van der Waals surface area contributed by atoms with Crippen molar-refractivity contribution in [3.05, 3.63) is 78.4 Å². The second kappa shape index (κ2) is 6.59. The lowest BCUT2D eigenvalue weighted by Crippen LogP contribution is -1.99. The first-order valence-corrected chi connectivity index (χ1v) is 8.02. The van der Waals surface area contributed by atoms with Gasteiger partial charge >= 0.3 is 0 Å². The van der Waals surface area contributed by atoms with E-state index in [2.05, 4.69) is 42.5 Å². The third-order valence-corrected chi connectivity index (χ3v) is 4.51. The molecule has 21 heavy (non-hydrogen) atoms. The molecule has 0 saturated carbocycles. The van der Waals surface area contributed by atoms with E-state index >= 15 is 0 Å². The van der Waals surface area contributed by atoms with Gasteiger partial charge in [0, 0.05) is 22.6 Å². The third kappa shape index (κ3) is 3.34. The van der Waals surface area contributed by atoms with Crippen molar-refractivity contribution < 1.29 is 4.79 Å². The molecule has 0 saturated heterocycles. The van der Waals surface area contributed by atoms with Crippen molar-refractivity contribution in [2.75, 3.05) is 5.75 Å². The van der Waals surface area contributed by atoms with Crippen LogP contribution in [0.2, 0.25) is 0 Å². The summed E-state index contributed by atoms with van der Waals surface area (Å²) >= 11 is 1.75. The molecule has 0 aromatic heterocycles. The SMILES string of the molecule is O=C(CCSc1cccc2ccccc12)c1ccccc1. The first-order valence-electron chi connectivity index (χ1n) is 7.03. The molecule has 0 aliphatic heterocycles. The van der Waals surface area contributed by atoms with E-state index in [4.69, 9.17) is 0 Å². The Labute approximate surface area is 129 Å². The summed E-state index contributed by atoms with van der Waals surface area (Å²) in [6.07, 6.45) is 0.567.